The van der Waals surface area contributed by atoms with Gasteiger partial charge in [0.15, 0.2) is 0 Å². The van der Waals surface area contributed by atoms with Crippen LogP contribution in [0.2, 0.25) is 5.02 Å². The van der Waals surface area contributed by atoms with Crippen molar-refractivity contribution in [3.63, 3.8) is 0 Å². The van der Waals surface area contributed by atoms with Crippen LogP contribution in [0.4, 0.5) is 13.2 Å². The number of hydrogen-bond donors (Lipinski definition) is 2. The summed E-state index contributed by atoms with van der Waals surface area (Å²) in [6.07, 6.45) is -4.45. The van der Waals surface area contributed by atoms with Crippen molar-refractivity contribution < 1.29 is 22.8 Å². The minimum absolute atomic E-state index is 0.102. The molecule has 4 nitrogen and oxygen atoms in total. The number of carbonyl (C=O) groups excluding carboxylic acids is 2. The van der Waals surface area contributed by atoms with E-state index in [1.165, 1.54) is 0 Å². The summed E-state index contributed by atoms with van der Waals surface area (Å²) in [7, 11) is 0. The molecule has 2 aromatic carbocycles. The molecule has 0 aromatic heterocycles. The molecule has 0 heterocycles. The Bertz CT molecular complexity index is 761. The van der Waals surface area contributed by atoms with Gasteiger partial charge in [-0.3, -0.25) is 9.59 Å². The van der Waals surface area contributed by atoms with Crippen LogP contribution in [-0.2, 0) is 6.18 Å². The van der Waals surface area contributed by atoms with Gasteiger partial charge in [0.25, 0.3) is 11.8 Å². The second kappa shape index (κ2) is 8.02. The van der Waals surface area contributed by atoms with E-state index in [4.69, 9.17) is 11.6 Å². The number of amides is 2. The zero-order chi connectivity index (χ0) is 18.4. The maximum atomic E-state index is 12.5. The molecular formula is C17H14ClF3N2O2. The fraction of sp³-hybridized carbons (Fsp3) is 0.176. The lowest BCUT2D eigenvalue weighted by Gasteiger charge is -2.09. The Morgan fingerprint density at radius 3 is 2.00 bits per heavy atom. The first-order chi connectivity index (χ1) is 11.8. The van der Waals surface area contributed by atoms with Gasteiger partial charge < -0.3 is 10.6 Å². The van der Waals surface area contributed by atoms with Gasteiger partial charge in [0.2, 0.25) is 0 Å². The molecule has 25 heavy (non-hydrogen) atoms. The first kappa shape index (κ1) is 18.8. The molecule has 132 valence electrons. The highest BCUT2D eigenvalue weighted by atomic mass is 35.5. The summed E-state index contributed by atoms with van der Waals surface area (Å²) in [6, 6.07) is 10.4. The molecule has 0 spiro atoms. The Labute approximate surface area is 147 Å². The summed E-state index contributed by atoms with van der Waals surface area (Å²) in [6.45, 7) is 0.270. The summed E-state index contributed by atoms with van der Waals surface area (Å²) in [5.41, 5.74) is -0.403. The molecule has 2 N–H and O–H groups in total. The predicted octanol–water partition coefficient (Wildman–Crippen LogP) is 3.52. The standard InChI is InChI=1S/C17H14ClF3N2O2/c18-14-4-2-1-3-13(14)16(25)23-10-9-22-15(24)11-5-7-12(8-6-11)17(19,20)21/h1-8H,9-10H2,(H,22,24)(H,23,25). The van der Waals surface area contributed by atoms with Gasteiger partial charge in [-0.25, -0.2) is 0 Å². The van der Waals surface area contributed by atoms with Crippen LogP contribution in [-0.4, -0.2) is 24.9 Å². The van der Waals surface area contributed by atoms with Crippen molar-refractivity contribution in [3.8, 4) is 0 Å². The molecule has 0 atom stereocenters. The number of benzene rings is 2. The van der Waals surface area contributed by atoms with E-state index in [0.29, 0.717) is 10.6 Å². The molecule has 0 saturated carbocycles. The highest BCUT2D eigenvalue weighted by Crippen LogP contribution is 2.29. The molecule has 2 aromatic rings. The predicted molar refractivity (Wildman–Crippen MR) is 87.6 cm³/mol. The van der Waals surface area contributed by atoms with Crippen molar-refractivity contribution in [1.82, 2.24) is 10.6 Å². The van der Waals surface area contributed by atoms with Crippen LogP contribution in [0.1, 0.15) is 26.3 Å². The Balaban J connectivity index is 1.81. The van der Waals surface area contributed by atoms with Crippen LogP contribution in [0.3, 0.4) is 0 Å². The van der Waals surface area contributed by atoms with E-state index in [1.807, 2.05) is 0 Å². The second-order valence-corrected chi connectivity index (χ2v) is 5.47. The van der Waals surface area contributed by atoms with E-state index >= 15 is 0 Å². The van der Waals surface area contributed by atoms with Crippen LogP contribution in [0, 0.1) is 0 Å². The lowest BCUT2D eigenvalue weighted by atomic mass is 10.1. The van der Waals surface area contributed by atoms with E-state index in [0.717, 1.165) is 24.3 Å². The first-order valence-electron chi connectivity index (χ1n) is 7.27. The molecule has 0 aliphatic heterocycles. The number of hydrogen-bond acceptors (Lipinski definition) is 2. The molecule has 2 rings (SSSR count). The van der Waals surface area contributed by atoms with Crippen LogP contribution >= 0.6 is 11.6 Å². The Hall–Kier alpha value is -2.54. The molecule has 0 radical (unpaired) electrons. The van der Waals surface area contributed by atoms with Gasteiger partial charge in [-0.2, -0.15) is 13.2 Å². The third-order valence-electron chi connectivity index (χ3n) is 3.29. The maximum Gasteiger partial charge on any atom is 0.416 e. The van der Waals surface area contributed by atoms with Crippen molar-refractivity contribution in [2.75, 3.05) is 13.1 Å². The normalized spacial score (nSPS) is 11.0. The summed E-state index contributed by atoms with van der Waals surface area (Å²) in [5.74, 6) is -0.907. The molecular weight excluding hydrogens is 357 g/mol. The Morgan fingerprint density at radius 1 is 0.880 bits per heavy atom. The third-order valence-corrected chi connectivity index (χ3v) is 3.62. The average molecular weight is 371 g/mol. The zero-order valence-corrected chi connectivity index (χ0v) is 13.6. The monoisotopic (exact) mass is 370 g/mol. The molecule has 2 amide bonds. The van der Waals surface area contributed by atoms with E-state index < -0.39 is 17.6 Å². The summed E-state index contributed by atoms with van der Waals surface area (Å²) in [5, 5.41) is 5.41. The molecule has 0 aliphatic rings. The van der Waals surface area contributed by atoms with E-state index in [2.05, 4.69) is 10.6 Å². The third kappa shape index (κ3) is 5.22. The fourth-order valence-electron chi connectivity index (χ4n) is 2.01. The van der Waals surface area contributed by atoms with Gasteiger partial charge >= 0.3 is 6.18 Å². The lowest BCUT2D eigenvalue weighted by Crippen LogP contribution is -2.34. The van der Waals surface area contributed by atoms with Crippen LogP contribution in [0.5, 0.6) is 0 Å². The maximum absolute atomic E-state index is 12.5. The number of halogens is 4. The average Bonchev–Trinajstić information content (AvgIpc) is 2.58. The quantitative estimate of drug-likeness (QED) is 0.791. The van der Waals surface area contributed by atoms with E-state index in [1.54, 1.807) is 24.3 Å². The number of nitrogens with one attached hydrogen (secondary N) is 2. The minimum Gasteiger partial charge on any atom is -0.350 e. The number of rotatable bonds is 5. The molecule has 0 unspecified atom stereocenters. The van der Waals surface area contributed by atoms with Crippen LogP contribution in [0.15, 0.2) is 48.5 Å². The highest BCUT2D eigenvalue weighted by molar-refractivity contribution is 6.33. The van der Waals surface area contributed by atoms with Crippen molar-refractivity contribution in [1.29, 1.82) is 0 Å². The molecule has 0 fully saturated rings. The van der Waals surface area contributed by atoms with Crippen molar-refractivity contribution >= 4 is 23.4 Å². The molecule has 0 saturated heterocycles. The molecule has 0 aliphatic carbocycles. The smallest absolute Gasteiger partial charge is 0.350 e. The molecule has 8 heteroatoms. The first-order valence-corrected chi connectivity index (χ1v) is 7.65. The lowest BCUT2D eigenvalue weighted by molar-refractivity contribution is -0.137. The number of carbonyl (C=O) groups is 2. The van der Waals surface area contributed by atoms with Gasteiger partial charge in [-0.15, -0.1) is 0 Å². The van der Waals surface area contributed by atoms with Crippen LogP contribution < -0.4 is 10.6 Å². The molecule has 0 bridgehead atoms. The Morgan fingerprint density at radius 2 is 1.44 bits per heavy atom. The van der Waals surface area contributed by atoms with Crippen LogP contribution in [0.25, 0.3) is 0 Å². The van der Waals surface area contributed by atoms with Gasteiger partial charge in [-0.1, -0.05) is 23.7 Å². The van der Waals surface area contributed by atoms with Gasteiger partial charge in [-0.05, 0) is 36.4 Å². The minimum atomic E-state index is -4.45. The van der Waals surface area contributed by atoms with Gasteiger partial charge in [0.1, 0.15) is 0 Å². The highest BCUT2D eigenvalue weighted by Gasteiger charge is 2.30. The number of alkyl halides is 3. The van der Waals surface area contributed by atoms with E-state index in [9.17, 15) is 22.8 Å². The summed E-state index contributed by atoms with van der Waals surface area (Å²) >= 11 is 5.90. The summed E-state index contributed by atoms with van der Waals surface area (Å²) < 4.78 is 37.4. The largest absolute Gasteiger partial charge is 0.416 e. The Kier molecular flexibility index (Phi) is 6.03. The van der Waals surface area contributed by atoms with Gasteiger partial charge in [0, 0.05) is 18.7 Å². The topological polar surface area (TPSA) is 58.2 Å². The van der Waals surface area contributed by atoms with E-state index in [-0.39, 0.29) is 24.6 Å². The van der Waals surface area contributed by atoms with Gasteiger partial charge in [0.05, 0.1) is 16.1 Å². The summed E-state index contributed by atoms with van der Waals surface area (Å²) in [4.78, 5) is 23.7. The fourth-order valence-corrected chi connectivity index (χ4v) is 2.23. The van der Waals surface area contributed by atoms with Crippen molar-refractivity contribution in [3.05, 3.63) is 70.2 Å². The SMILES string of the molecule is O=C(NCCNC(=O)c1ccccc1Cl)c1ccc(C(F)(F)F)cc1. The zero-order valence-electron chi connectivity index (χ0n) is 12.9. The van der Waals surface area contributed by atoms with Crippen molar-refractivity contribution in [2.24, 2.45) is 0 Å². The van der Waals surface area contributed by atoms with Crippen molar-refractivity contribution in [2.45, 2.75) is 6.18 Å². The second-order valence-electron chi connectivity index (χ2n) is 5.07.